The van der Waals surface area contributed by atoms with Crippen molar-refractivity contribution in [3.8, 4) is 0 Å². The lowest BCUT2D eigenvalue weighted by atomic mass is 10.4. The fraction of sp³-hybridized carbons (Fsp3) is 0.250. The second-order valence-electron chi connectivity index (χ2n) is 2.74. The lowest BCUT2D eigenvalue weighted by molar-refractivity contribution is -0.119. The van der Waals surface area contributed by atoms with Gasteiger partial charge >= 0.3 is 0 Å². The molecular formula is C8H8N4O. The van der Waals surface area contributed by atoms with Crippen molar-refractivity contribution in [3.05, 3.63) is 24.3 Å². The second kappa shape index (κ2) is 2.93. The van der Waals surface area contributed by atoms with Gasteiger partial charge in [-0.1, -0.05) is 0 Å². The highest BCUT2D eigenvalue weighted by Crippen LogP contribution is 2.03. The molecule has 1 aliphatic heterocycles. The number of nitrogens with zero attached hydrogens (tertiary/aromatic N) is 3. The summed E-state index contributed by atoms with van der Waals surface area (Å²) >= 11 is 0. The highest BCUT2D eigenvalue weighted by atomic mass is 16.2. The van der Waals surface area contributed by atoms with Gasteiger partial charge in [-0.2, -0.15) is 0 Å². The molecule has 0 aromatic carbocycles. The molecule has 0 spiro atoms. The van der Waals surface area contributed by atoms with Gasteiger partial charge in [0.1, 0.15) is 18.1 Å². The van der Waals surface area contributed by atoms with Crippen molar-refractivity contribution in [2.45, 2.75) is 13.0 Å². The Morgan fingerprint density at radius 1 is 1.54 bits per heavy atom. The molecule has 13 heavy (non-hydrogen) atoms. The van der Waals surface area contributed by atoms with E-state index >= 15 is 0 Å². The Balaban J connectivity index is 2.30. The van der Waals surface area contributed by atoms with Crippen LogP contribution in [0.3, 0.4) is 0 Å². The molecule has 5 nitrogen and oxygen atoms in total. The van der Waals surface area contributed by atoms with Gasteiger partial charge in [0.25, 0.3) is 0 Å². The molecule has 0 radical (unpaired) electrons. The molecule has 1 amide bonds. The van der Waals surface area contributed by atoms with E-state index in [4.69, 9.17) is 0 Å². The maximum atomic E-state index is 11.1. The summed E-state index contributed by atoms with van der Waals surface area (Å²) < 4.78 is 0. The van der Waals surface area contributed by atoms with E-state index in [1.807, 2.05) is 0 Å². The average molecular weight is 176 g/mol. The Bertz CT molecular complexity index is 360. The third kappa shape index (κ3) is 1.40. The predicted molar refractivity (Wildman–Crippen MR) is 46.2 cm³/mol. The molecule has 0 saturated carbocycles. The summed E-state index contributed by atoms with van der Waals surface area (Å²) in [6.07, 6.45) is 3.03. The molecule has 1 atom stereocenters. The number of aromatic nitrogens is 2. The zero-order valence-electron chi connectivity index (χ0n) is 7.06. The molecule has 1 aromatic rings. The van der Waals surface area contributed by atoms with Gasteiger partial charge in [-0.05, 0) is 13.0 Å². The number of amidine groups is 1. The number of carbonyl (C=O) groups excluding carboxylic acids is 1. The SMILES string of the molecule is CC1N=C(c2ccncn2)NC1=O. The largest absolute Gasteiger partial charge is 0.307 e. The molecular weight excluding hydrogens is 168 g/mol. The summed E-state index contributed by atoms with van der Waals surface area (Å²) in [4.78, 5) is 22.9. The molecule has 2 rings (SSSR count). The van der Waals surface area contributed by atoms with Crippen molar-refractivity contribution in [2.75, 3.05) is 0 Å². The van der Waals surface area contributed by atoms with Crippen LogP contribution < -0.4 is 5.32 Å². The first-order valence-electron chi connectivity index (χ1n) is 3.92. The third-order valence-corrected chi connectivity index (χ3v) is 1.77. The van der Waals surface area contributed by atoms with Crippen molar-refractivity contribution >= 4 is 11.7 Å². The molecule has 1 N–H and O–H groups in total. The van der Waals surface area contributed by atoms with E-state index in [1.165, 1.54) is 6.33 Å². The Kier molecular flexibility index (Phi) is 1.77. The topological polar surface area (TPSA) is 67.2 Å². The standard InChI is InChI=1S/C8H8N4O/c1-5-8(13)12-7(11-5)6-2-3-9-4-10-6/h2-5H,1H3,(H,11,12,13). The second-order valence-corrected chi connectivity index (χ2v) is 2.74. The van der Waals surface area contributed by atoms with Gasteiger partial charge in [-0.25, -0.2) is 9.97 Å². The van der Waals surface area contributed by atoms with Crippen LogP contribution in [0.4, 0.5) is 0 Å². The minimum Gasteiger partial charge on any atom is -0.307 e. The van der Waals surface area contributed by atoms with Gasteiger partial charge in [-0.15, -0.1) is 0 Å². The van der Waals surface area contributed by atoms with E-state index in [2.05, 4.69) is 20.3 Å². The zero-order chi connectivity index (χ0) is 9.26. The first kappa shape index (κ1) is 7.85. The van der Waals surface area contributed by atoms with Gasteiger partial charge in [-0.3, -0.25) is 9.79 Å². The van der Waals surface area contributed by atoms with Gasteiger partial charge in [0, 0.05) is 6.20 Å². The Morgan fingerprint density at radius 3 is 2.92 bits per heavy atom. The summed E-state index contributed by atoms with van der Waals surface area (Å²) in [6.45, 7) is 1.74. The fourth-order valence-electron chi connectivity index (χ4n) is 1.07. The fourth-order valence-corrected chi connectivity index (χ4v) is 1.07. The molecule has 1 unspecified atom stereocenters. The van der Waals surface area contributed by atoms with E-state index < -0.39 is 0 Å². The monoisotopic (exact) mass is 176 g/mol. The van der Waals surface area contributed by atoms with Crippen molar-refractivity contribution in [1.29, 1.82) is 0 Å². The van der Waals surface area contributed by atoms with E-state index in [1.54, 1.807) is 19.2 Å². The molecule has 0 fully saturated rings. The number of aliphatic imine (C=N–C) groups is 1. The van der Waals surface area contributed by atoms with Crippen LogP contribution >= 0.6 is 0 Å². The molecule has 1 aromatic heterocycles. The normalized spacial score (nSPS) is 21.2. The number of nitrogens with one attached hydrogen (secondary N) is 1. The van der Waals surface area contributed by atoms with Crippen LogP contribution in [0.15, 0.2) is 23.6 Å². The van der Waals surface area contributed by atoms with Gasteiger partial charge in [0.2, 0.25) is 5.91 Å². The Labute approximate surface area is 74.9 Å². The van der Waals surface area contributed by atoms with Crippen LogP contribution in [-0.4, -0.2) is 27.8 Å². The summed E-state index contributed by atoms with van der Waals surface area (Å²) in [5.74, 6) is 0.438. The lowest BCUT2D eigenvalue weighted by Crippen LogP contribution is -2.28. The quantitative estimate of drug-likeness (QED) is 0.641. The zero-order valence-corrected chi connectivity index (χ0v) is 7.06. The maximum Gasteiger partial charge on any atom is 0.250 e. The molecule has 0 aliphatic carbocycles. The first-order chi connectivity index (χ1) is 6.27. The highest BCUT2D eigenvalue weighted by Gasteiger charge is 2.22. The summed E-state index contributed by atoms with van der Waals surface area (Å²) in [7, 11) is 0. The number of amides is 1. The van der Waals surface area contributed by atoms with Crippen molar-refractivity contribution in [3.63, 3.8) is 0 Å². The number of carbonyl (C=O) groups is 1. The van der Waals surface area contributed by atoms with Crippen molar-refractivity contribution in [1.82, 2.24) is 15.3 Å². The summed E-state index contributed by atoms with van der Waals surface area (Å²) in [5, 5.41) is 2.64. The third-order valence-electron chi connectivity index (χ3n) is 1.77. The lowest BCUT2D eigenvalue weighted by Gasteiger charge is -1.97. The summed E-state index contributed by atoms with van der Waals surface area (Å²) in [6, 6.07) is 1.39. The van der Waals surface area contributed by atoms with Gasteiger partial charge in [0.05, 0.1) is 0 Å². The summed E-state index contributed by atoms with van der Waals surface area (Å²) in [5.41, 5.74) is 0.646. The van der Waals surface area contributed by atoms with E-state index in [-0.39, 0.29) is 11.9 Å². The smallest absolute Gasteiger partial charge is 0.250 e. The van der Waals surface area contributed by atoms with Crippen LogP contribution in [-0.2, 0) is 4.79 Å². The maximum absolute atomic E-state index is 11.1. The number of rotatable bonds is 1. The molecule has 0 bridgehead atoms. The molecule has 5 heteroatoms. The minimum absolute atomic E-state index is 0.0892. The van der Waals surface area contributed by atoms with Crippen LogP contribution in [0.2, 0.25) is 0 Å². The molecule has 1 aliphatic rings. The highest BCUT2D eigenvalue weighted by molar-refractivity contribution is 6.12. The Hall–Kier alpha value is -1.78. The number of hydrogen-bond donors (Lipinski definition) is 1. The Morgan fingerprint density at radius 2 is 2.38 bits per heavy atom. The molecule has 0 saturated heterocycles. The van der Waals surface area contributed by atoms with Crippen LogP contribution in [0, 0.1) is 0 Å². The molecule has 66 valence electrons. The van der Waals surface area contributed by atoms with Gasteiger partial charge in [0.15, 0.2) is 5.84 Å². The average Bonchev–Trinajstić information content (AvgIpc) is 2.49. The van der Waals surface area contributed by atoms with E-state index in [9.17, 15) is 4.79 Å². The van der Waals surface area contributed by atoms with Crippen LogP contribution in [0.1, 0.15) is 12.6 Å². The van der Waals surface area contributed by atoms with E-state index in [0.29, 0.717) is 11.5 Å². The number of hydrogen-bond acceptors (Lipinski definition) is 4. The van der Waals surface area contributed by atoms with Crippen molar-refractivity contribution in [2.24, 2.45) is 4.99 Å². The molecule has 2 heterocycles. The van der Waals surface area contributed by atoms with Crippen LogP contribution in [0.5, 0.6) is 0 Å². The predicted octanol–water partition coefficient (Wildman–Crippen LogP) is -0.259. The van der Waals surface area contributed by atoms with E-state index in [0.717, 1.165) is 0 Å². The van der Waals surface area contributed by atoms with Crippen LogP contribution in [0.25, 0.3) is 0 Å². The first-order valence-corrected chi connectivity index (χ1v) is 3.92. The van der Waals surface area contributed by atoms with Crippen molar-refractivity contribution < 1.29 is 4.79 Å². The van der Waals surface area contributed by atoms with Gasteiger partial charge < -0.3 is 5.32 Å². The minimum atomic E-state index is -0.315.